The van der Waals surface area contributed by atoms with Gasteiger partial charge in [-0.1, -0.05) is 66.9 Å². The highest BCUT2D eigenvalue weighted by Crippen LogP contribution is 2.49. The third-order valence-electron chi connectivity index (χ3n) is 6.02. The van der Waals surface area contributed by atoms with E-state index >= 15 is 0 Å². The highest BCUT2D eigenvalue weighted by atomic mass is 32.2. The molecule has 1 atom stereocenters. The Bertz CT molecular complexity index is 1200. The first-order valence-electron chi connectivity index (χ1n) is 10.4. The van der Waals surface area contributed by atoms with Crippen molar-refractivity contribution in [3.63, 3.8) is 0 Å². The van der Waals surface area contributed by atoms with Gasteiger partial charge in [-0.2, -0.15) is 10.5 Å². The Kier molecular flexibility index (Phi) is 6.09. The fourth-order valence-corrected chi connectivity index (χ4v) is 7.19. The third-order valence-corrected chi connectivity index (χ3v) is 8.90. The largest absolute Gasteiger partial charge is 0.265 e. The molecule has 1 heterocycles. The minimum absolute atomic E-state index is 0.0807. The highest BCUT2D eigenvalue weighted by molar-refractivity contribution is 8.03. The predicted octanol–water partition coefficient (Wildman–Crippen LogP) is 5.67. The Labute approximate surface area is 188 Å². The van der Waals surface area contributed by atoms with Gasteiger partial charge in [0.25, 0.3) is 10.0 Å². The van der Waals surface area contributed by atoms with E-state index in [4.69, 9.17) is 0 Å². The zero-order valence-corrected chi connectivity index (χ0v) is 18.9. The van der Waals surface area contributed by atoms with Crippen molar-refractivity contribution in [1.29, 1.82) is 10.5 Å². The quantitative estimate of drug-likeness (QED) is 0.602. The summed E-state index contributed by atoms with van der Waals surface area (Å²) in [6.45, 7) is 1.90. The minimum Gasteiger partial charge on any atom is -0.247 e. The molecule has 4 rings (SSSR count). The van der Waals surface area contributed by atoms with Gasteiger partial charge in [-0.05, 0) is 49.4 Å². The van der Waals surface area contributed by atoms with Crippen LogP contribution in [0.2, 0.25) is 0 Å². The number of hydrogen-bond acceptors (Lipinski definition) is 5. The van der Waals surface area contributed by atoms with Gasteiger partial charge in [0.15, 0.2) is 5.70 Å². The zero-order chi connectivity index (χ0) is 22.0. The number of sulfonamides is 1. The van der Waals surface area contributed by atoms with Crippen molar-refractivity contribution < 1.29 is 8.42 Å². The van der Waals surface area contributed by atoms with E-state index in [9.17, 15) is 18.9 Å². The molecule has 0 amide bonds. The van der Waals surface area contributed by atoms with Crippen molar-refractivity contribution in [2.24, 2.45) is 5.92 Å². The molecule has 31 heavy (non-hydrogen) atoms. The molecule has 7 heteroatoms. The second-order valence-electron chi connectivity index (χ2n) is 8.00. The van der Waals surface area contributed by atoms with E-state index in [-0.39, 0.29) is 21.4 Å². The summed E-state index contributed by atoms with van der Waals surface area (Å²) in [5.41, 5.74) is 1.74. The molecule has 0 bridgehead atoms. The second kappa shape index (κ2) is 8.78. The molecular weight excluding hydrogens is 426 g/mol. The lowest BCUT2D eigenvalue weighted by molar-refractivity contribution is 0.220. The van der Waals surface area contributed by atoms with Crippen LogP contribution in [-0.4, -0.2) is 12.7 Å². The van der Waals surface area contributed by atoms with E-state index in [1.54, 1.807) is 24.3 Å². The van der Waals surface area contributed by atoms with Crippen LogP contribution in [0.5, 0.6) is 0 Å². The lowest BCUT2D eigenvalue weighted by atomic mass is 9.81. The normalized spacial score (nSPS) is 19.8. The molecule has 1 saturated carbocycles. The number of hydrogen-bond donors (Lipinski definition) is 0. The lowest BCUT2D eigenvalue weighted by Gasteiger charge is -2.38. The van der Waals surface area contributed by atoms with Crippen molar-refractivity contribution >= 4 is 21.8 Å². The Morgan fingerprint density at radius 3 is 2.29 bits per heavy atom. The average Bonchev–Trinajstić information content (AvgIpc) is 2.94. The van der Waals surface area contributed by atoms with Crippen LogP contribution >= 0.6 is 11.8 Å². The molecule has 1 aliphatic carbocycles. The number of aryl methyl sites for hydroxylation is 1. The fraction of sp³-hybridized carbons (Fsp3) is 0.333. The number of nitrogens with zero attached hydrogens (tertiary/aromatic N) is 3. The molecule has 2 aliphatic rings. The highest BCUT2D eigenvalue weighted by Gasteiger charge is 2.43. The van der Waals surface area contributed by atoms with Crippen LogP contribution in [0.1, 0.15) is 49.3 Å². The van der Waals surface area contributed by atoms with E-state index < -0.39 is 16.1 Å². The molecule has 0 saturated heterocycles. The summed E-state index contributed by atoms with van der Waals surface area (Å²) in [6.07, 6.45) is 4.99. The van der Waals surface area contributed by atoms with Gasteiger partial charge in [-0.3, -0.25) is 0 Å². The molecule has 5 nitrogen and oxygen atoms in total. The van der Waals surface area contributed by atoms with Gasteiger partial charge in [-0.25, -0.2) is 12.7 Å². The molecule has 2 aromatic carbocycles. The molecular formula is C24H23N3O2S2. The van der Waals surface area contributed by atoms with E-state index in [1.807, 2.05) is 31.2 Å². The third kappa shape index (κ3) is 3.96. The summed E-state index contributed by atoms with van der Waals surface area (Å²) in [7, 11) is -4.06. The number of nitriles is 2. The molecule has 158 valence electrons. The summed E-state index contributed by atoms with van der Waals surface area (Å²) in [5, 5.41) is 19.9. The first kappa shape index (κ1) is 21.5. The molecule has 0 unspecified atom stereocenters. The van der Waals surface area contributed by atoms with Crippen molar-refractivity contribution in [3.8, 4) is 12.1 Å². The van der Waals surface area contributed by atoms with Gasteiger partial charge in [-0.15, -0.1) is 0 Å². The minimum atomic E-state index is -4.06. The number of thioether (sulfide) groups is 1. The van der Waals surface area contributed by atoms with Gasteiger partial charge in [0, 0.05) is 4.90 Å². The Hall–Kier alpha value is -2.74. The van der Waals surface area contributed by atoms with E-state index in [1.165, 1.54) is 16.1 Å². The maximum atomic E-state index is 14.0. The summed E-state index contributed by atoms with van der Waals surface area (Å²) in [4.78, 5) is 1.08. The predicted molar refractivity (Wildman–Crippen MR) is 120 cm³/mol. The van der Waals surface area contributed by atoms with Crippen LogP contribution in [0.3, 0.4) is 0 Å². The maximum absolute atomic E-state index is 14.0. The number of allylic oxidation sites excluding steroid dienone is 2. The van der Waals surface area contributed by atoms with Gasteiger partial charge in [0.2, 0.25) is 0 Å². The average molecular weight is 450 g/mol. The Morgan fingerprint density at radius 1 is 0.968 bits per heavy atom. The van der Waals surface area contributed by atoms with Gasteiger partial charge < -0.3 is 0 Å². The monoisotopic (exact) mass is 449 g/mol. The molecule has 0 N–H and O–H groups in total. The summed E-state index contributed by atoms with van der Waals surface area (Å²) < 4.78 is 29.2. The zero-order valence-electron chi connectivity index (χ0n) is 17.3. The van der Waals surface area contributed by atoms with Crippen LogP contribution in [-0.2, 0) is 10.0 Å². The van der Waals surface area contributed by atoms with Crippen molar-refractivity contribution in [3.05, 3.63) is 70.3 Å². The smallest absolute Gasteiger partial charge is 0.247 e. The maximum Gasteiger partial charge on any atom is 0.265 e. The Morgan fingerprint density at radius 2 is 1.65 bits per heavy atom. The van der Waals surface area contributed by atoms with Crippen LogP contribution in [0.15, 0.2) is 68.9 Å². The molecule has 0 radical (unpaired) electrons. The molecule has 2 aromatic rings. The van der Waals surface area contributed by atoms with Crippen molar-refractivity contribution in [2.45, 2.75) is 54.9 Å². The number of benzene rings is 2. The van der Waals surface area contributed by atoms with Crippen LogP contribution in [0.4, 0.5) is 0 Å². The molecule has 1 fully saturated rings. The molecule has 0 spiro atoms. The SMILES string of the molecule is Cc1ccc(S(=O)(=O)N2C(C#N)=C(C#N)Sc3ccccc3[C@H]2C2CCCCC2)cc1. The van der Waals surface area contributed by atoms with E-state index in [0.717, 1.165) is 48.1 Å². The van der Waals surface area contributed by atoms with E-state index in [0.29, 0.717) is 0 Å². The standard InChI is InChI=1S/C24H23N3O2S2/c1-17-11-13-19(14-12-17)31(28,29)27-21(15-25)23(16-26)30-22-10-6-5-9-20(22)24(27)18-7-3-2-4-8-18/h5-6,9-14,18,24H,2-4,7-8H2,1H3/t24-/m1/s1. The summed E-state index contributed by atoms with van der Waals surface area (Å²) >= 11 is 1.19. The van der Waals surface area contributed by atoms with Gasteiger partial charge in [0.1, 0.15) is 17.0 Å². The van der Waals surface area contributed by atoms with Gasteiger partial charge in [0.05, 0.1) is 10.9 Å². The first-order chi connectivity index (χ1) is 15.0. The summed E-state index contributed by atoms with van der Waals surface area (Å²) in [5.74, 6) is 0.0807. The van der Waals surface area contributed by atoms with Crippen molar-refractivity contribution in [2.75, 3.05) is 0 Å². The lowest BCUT2D eigenvalue weighted by Crippen LogP contribution is -2.38. The number of rotatable bonds is 3. The van der Waals surface area contributed by atoms with Crippen molar-refractivity contribution in [1.82, 2.24) is 4.31 Å². The first-order valence-corrected chi connectivity index (χ1v) is 12.7. The summed E-state index contributed by atoms with van der Waals surface area (Å²) in [6, 6.07) is 17.9. The van der Waals surface area contributed by atoms with Crippen LogP contribution in [0.25, 0.3) is 0 Å². The van der Waals surface area contributed by atoms with Crippen LogP contribution in [0, 0.1) is 35.5 Å². The van der Waals surface area contributed by atoms with E-state index in [2.05, 4.69) is 12.1 Å². The van der Waals surface area contributed by atoms with Gasteiger partial charge >= 0.3 is 0 Å². The topological polar surface area (TPSA) is 85.0 Å². The Balaban J connectivity index is 1.99. The van der Waals surface area contributed by atoms with Crippen LogP contribution < -0.4 is 0 Å². The molecule has 0 aromatic heterocycles. The molecule has 1 aliphatic heterocycles. The second-order valence-corrected chi connectivity index (χ2v) is 10.9. The fourth-order valence-electron chi connectivity index (χ4n) is 4.51. The number of fused-ring (bicyclic) bond motifs is 1.